The van der Waals surface area contributed by atoms with Crippen LogP contribution in [0.3, 0.4) is 0 Å². The summed E-state index contributed by atoms with van der Waals surface area (Å²) in [5.41, 5.74) is 7.85. The van der Waals surface area contributed by atoms with Crippen LogP contribution in [0.4, 0.5) is 5.69 Å². The van der Waals surface area contributed by atoms with E-state index in [1.165, 1.54) is 10.5 Å². The Labute approximate surface area is 112 Å². The molecule has 2 N–H and O–H groups in total. The SMILES string of the molecule is Cc1ccc(N)cc1SCCOc1ccccc1. The third-order valence-electron chi connectivity index (χ3n) is 2.57. The van der Waals surface area contributed by atoms with Crippen LogP contribution >= 0.6 is 11.8 Å². The zero-order chi connectivity index (χ0) is 12.8. The standard InChI is InChI=1S/C15H17NOS/c1-12-7-8-13(16)11-15(12)18-10-9-17-14-5-3-2-4-6-14/h2-8,11H,9-10,16H2,1H3. The number of hydrogen-bond donors (Lipinski definition) is 1. The molecule has 2 nitrogen and oxygen atoms in total. The van der Waals surface area contributed by atoms with Gasteiger partial charge in [0.05, 0.1) is 6.61 Å². The quantitative estimate of drug-likeness (QED) is 0.504. The van der Waals surface area contributed by atoms with Gasteiger partial charge >= 0.3 is 0 Å². The minimum atomic E-state index is 0.697. The van der Waals surface area contributed by atoms with Gasteiger partial charge in [-0.15, -0.1) is 11.8 Å². The highest BCUT2D eigenvalue weighted by Gasteiger charge is 2.00. The van der Waals surface area contributed by atoms with E-state index in [1.54, 1.807) is 11.8 Å². The summed E-state index contributed by atoms with van der Waals surface area (Å²) in [5, 5.41) is 0. The first-order valence-electron chi connectivity index (χ1n) is 5.92. The first-order valence-corrected chi connectivity index (χ1v) is 6.91. The Morgan fingerprint density at radius 3 is 2.67 bits per heavy atom. The van der Waals surface area contributed by atoms with Gasteiger partial charge < -0.3 is 10.5 Å². The Hall–Kier alpha value is -1.61. The molecular formula is C15H17NOS. The van der Waals surface area contributed by atoms with Gasteiger partial charge in [-0.05, 0) is 36.8 Å². The topological polar surface area (TPSA) is 35.2 Å². The van der Waals surface area contributed by atoms with E-state index < -0.39 is 0 Å². The second-order valence-corrected chi connectivity index (χ2v) is 5.17. The number of thioether (sulfide) groups is 1. The molecule has 0 fully saturated rings. The zero-order valence-corrected chi connectivity index (χ0v) is 11.2. The van der Waals surface area contributed by atoms with Crippen molar-refractivity contribution in [3.05, 3.63) is 54.1 Å². The third kappa shape index (κ3) is 3.70. The summed E-state index contributed by atoms with van der Waals surface area (Å²) in [5.74, 6) is 1.83. The molecule has 3 heteroatoms. The summed E-state index contributed by atoms with van der Waals surface area (Å²) < 4.78 is 5.65. The maximum atomic E-state index is 5.78. The average Bonchev–Trinajstić information content (AvgIpc) is 2.40. The highest BCUT2D eigenvalue weighted by Crippen LogP contribution is 2.24. The van der Waals surface area contributed by atoms with E-state index in [0.29, 0.717) is 6.61 Å². The van der Waals surface area contributed by atoms with E-state index in [1.807, 2.05) is 42.5 Å². The second kappa shape index (κ2) is 6.36. The Kier molecular flexibility index (Phi) is 4.53. The highest BCUT2D eigenvalue weighted by molar-refractivity contribution is 7.99. The molecule has 0 unspecified atom stereocenters. The summed E-state index contributed by atoms with van der Waals surface area (Å²) >= 11 is 1.78. The molecule has 0 aliphatic rings. The molecule has 0 bridgehead atoms. The van der Waals surface area contributed by atoms with Gasteiger partial charge in [0.15, 0.2) is 0 Å². The first-order chi connectivity index (χ1) is 8.75. The molecule has 2 rings (SSSR count). The molecule has 0 heterocycles. The molecule has 0 aromatic heterocycles. The van der Waals surface area contributed by atoms with Gasteiger partial charge in [0, 0.05) is 16.3 Å². The number of nitrogen functional groups attached to an aromatic ring is 1. The van der Waals surface area contributed by atoms with Crippen LogP contribution in [-0.4, -0.2) is 12.4 Å². The zero-order valence-electron chi connectivity index (χ0n) is 10.4. The summed E-state index contributed by atoms with van der Waals surface area (Å²) in [6, 6.07) is 15.9. The minimum Gasteiger partial charge on any atom is -0.493 e. The van der Waals surface area contributed by atoms with Crippen molar-refractivity contribution in [2.45, 2.75) is 11.8 Å². The molecule has 0 amide bonds. The van der Waals surface area contributed by atoms with Crippen molar-refractivity contribution in [1.29, 1.82) is 0 Å². The van der Waals surface area contributed by atoms with Crippen molar-refractivity contribution in [2.24, 2.45) is 0 Å². The lowest BCUT2D eigenvalue weighted by atomic mass is 10.2. The normalized spacial score (nSPS) is 10.3. The molecule has 2 aromatic rings. The highest BCUT2D eigenvalue weighted by atomic mass is 32.2. The Bertz CT molecular complexity index is 499. The van der Waals surface area contributed by atoms with Crippen molar-refractivity contribution in [3.63, 3.8) is 0 Å². The predicted molar refractivity (Wildman–Crippen MR) is 78.3 cm³/mol. The fraction of sp³-hybridized carbons (Fsp3) is 0.200. The van der Waals surface area contributed by atoms with Crippen molar-refractivity contribution < 1.29 is 4.74 Å². The van der Waals surface area contributed by atoms with Gasteiger partial charge in [-0.25, -0.2) is 0 Å². The number of anilines is 1. The molecule has 0 aliphatic heterocycles. The minimum absolute atomic E-state index is 0.697. The Morgan fingerprint density at radius 1 is 1.11 bits per heavy atom. The van der Waals surface area contributed by atoms with Crippen LogP contribution in [0, 0.1) is 6.92 Å². The lowest BCUT2D eigenvalue weighted by Crippen LogP contribution is -2.00. The second-order valence-electron chi connectivity index (χ2n) is 4.03. The fourth-order valence-corrected chi connectivity index (χ4v) is 2.50. The van der Waals surface area contributed by atoms with Crippen LogP contribution in [-0.2, 0) is 0 Å². The number of benzene rings is 2. The largest absolute Gasteiger partial charge is 0.493 e. The Balaban J connectivity index is 1.80. The molecule has 2 aromatic carbocycles. The lowest BCUT2D eigenvalue weighted by molar-refractivity contribution is 0.344. The van der Waals surface area contributed by atoms with E-state index in [9.17, 15) is 0 Å². The number of rotatable bonds is 5. The number of hydrogen-bond acceptors (Lipinski definition) is 3. The molecule has 0 saturated carbocycles. The maximum absolute atomic E-state index is 5.78. The molecule has 18 heavy (non-hydrogen) atoms. The van der Waals surface area contributed by atoms with Crippen molar-refractivity contribution in [1.82, 2.24) is 0 Å². The molecular weight excluding hydrogens is 242 g/mol. The van der Waals surface area contributed by atoms with Crippen LogP contribution in [0.25, 0.3) is 0 Å². The number of ether oxygens (including phenoxy) is 1. The van der Waals surface area contributed by atoms with Crippen LogP contribution in [0.15, 0.2) is 53.4 Å². The molecule has 0 spiro atoms. The lowest BCUT2D eigenvalue weighted by Gasteiger charge is -2.08. The van der Waals surface area contributed by atoms with Crippen LogP contribution < -0.4 is 10.5 Å². The van der Waals surface area contributed by atoms with Gasteiger partial charge in [0.1, 0.15) is 5.75 Å². The van der Waals surface area contributed by atoms with Gasteiger partial charge in [0.2, 0.25) is 0 Å². The van der Waals surface area contributed by atoms with Crippen molar-refractivity contribution >= 4 is 17.4 Å². The number of nitrogens with two attached hydrogens (primary N) is 1. The Morgan fingerprint density at radius 2 is 1.89 bits per heavy atom. The van der Waals surface area contributed by atoms with E-state index in [4.69, 9.17) is 10.5 Å². The predicted octanol–water partition coefficient (Wildman–Crippen LogP) is 3.75. The van der Waals surface area contributed by atoms with Crippen LogP contribution in [0.2, 0.25) is 0 Å². The molecule has 0 atom stereocenters. The van der Waals surface area contributed by atoms with Crippen LogP contribution in [0.1, 0.15) is 5.56 Å². The molecule has 94 valence electrons. The van der Waals surface area contributed by atoms with Gasteiger partial charge in [0.25, 0.3) is 0 Å². The van der Waals surface area contributed by atoms with E-state index in [-0.39, 0.29) is 0 Å². The molecule has 0 aliphatic carbocycles. The van der Waals surface area contributed by atoms with Gasteiger partial charge in [-0.2, -0.15) is 0 Å². The molecule has 0 radical (unpaired) electrons. The van der Waals surface area contributed by atoms with Crippen molar-refractivity contribution in [3.8, 4) is 5.75 Å². The van der Waals surface area contributed by atoms with Crippen molar-refractivity contribution in [2.75, 3.05) is 18.1 Å². The first kappa shape index (κ1) is 12.8. The smallest absolute Gasteiger partial charge is 0.119 e. The van der Waals surface area contributed by atoms with E-state index in [0.717, 1.165) is 17.2 Å². The monoisotopic (exact) mass is 259 g/mol. The third-order valence-corrected chi connectivity index (χ3v) is 3.69. The van der Waals surface area contributed by atoms with Crippen LogP contribution in [0.5, 0.6) is 5.75 Å². The summed E-state index contributed by atoms with van der Waals surface area (Å²) in [7, 11) is 0. The fourth-order valence-electron chi connectivity index (χ4n) is 1.60. The van der Waals surface area contributed by atoms with Gasteiger partial charge in [-0.3, -0.25) is 0 Å². The van der Waals surface area contributed by atoms with E-state index in [2.05, 4.69) is 13.0 Å². The summed E-state index contributed by atoms with van der Waals surface area (Å²) in [6.07, 6.45) is 0. The maximum Gasteiger partial charge on any atom is 0.119 e. The number of para-hydroxylation sites is 1. The summed E-state index contributed by atoms with van der Waals surface area (Å²) in [4.78, 5) is 1.23. The average molecular weight is 259 g/mol. The van der Waals surface area contributed by atoms with Gasteiger partial charge in [-0.1, -0.05) is 24.3 Å². The number of aryl methyl sites for hydroxylation is 1. The molecule has 0 saturated heterocycles. The van der Waals surface area contributed by atoms with E-state index >= 15 is 0 Å². The summed E-state index contributed by atoms with van der Waals surface area (Å²) in [6.45, 7) is 2.79.